The SMILES string of the molecule is COc1cc2c(Oc3ccc(C)cc3C(=O)c3ccccc3)ccnc2cc1OCCC1(CCO)C=CC=N1. The highest BCUT2D eigenvalue weighted by atomic mass is 16.5. The Labute approximate surface area is 227 Å². The van der Waals surface area contributed by atoms with Crippen LogP contribution in [0.3, 0.4) is 0 Å². The van der Waals surface area contributed by atoms with Gasteiger partial charge in [0, 0.05) is 42.5 Å². The fourth-order valence-electron chi connectivity index (χ4n) is 4.67. The average molecular weight is 523 g/mol. The normalized spacial score (nSPS) is 16.0. The number of aliphatic imine (C=N–C) groups is 1. The quantitative estimate of drug-likeness (QED) is 0.239. The first kappa shape index (κ1) is 26.1. The lowest BCUT2D eigenvalue weighted by Crippen LogP contribution is -2.26. The molecule has 39 heavy (non-hydrogen) atoms. The van der Waals surface area contributed by atoms with Crippen LogP contribution in [0, 0.1) is 6.92 Å². The molecular weight excluding hydrogens is 492 g/mol. The number of aryl methyl sites for hydroxylation is 1. The fraction of sp³-hybridized carbons (Fsp3) is 0.219. The van der Waals surface area contributed by atoms with Crippen molar-refractivity contribution in [2.24, 2.45) is 4.99 Å². The summed E-state index contributed by atoms with van der Waals surface area (Å²) in [5.41, 5.74) is 2.26. The third-order valence-corrected chi connectivity index (χ3v) is 6.78. The van der Waals surface area contributed by atoms with Gasteiger partial charge in [0.1, 0.15) is 11.5 Å². The molecule has 0 radical (unpaired) electrons. The van der Waals surface area contributed by atoms with E-state index in [1.807, 2.05) is 67.6 Å². The number of aromatic nitrogens is 1. The zero-order valence-electron chi connectivity index (χ0n) is 22.0. The Morgan fingerprint density at radius 3 is 2.54 bits per heavy atom. The average Bonchev–Trinajstić information content (AvgIpc) is 3.42. The first-order valence-corrected chi connectivity index (χ1v) is 12.8. The molecular formula is C32H30N2O5. The van der Waals surface area contributed by atoms with Crippen LogP contribution in [0.2, 0.25) is 0 Å². The number of methoxy groups -OCH3 is 1. The summed E-state index contributed by atoms with van der Waals surface area (Å²) < 4.78 is 18.1. The van der Waals surface area contributed by atoms with Crippen molar-refractivity contribution < 1.29 is 24.1 Å². The molecule has 1 aromatic heterocycles. The Balaban J connectivity index is 1.42. The summed E-state index contributed by atoms with van der Waals surface area (Å²) in [4.78, 5) is 22.4. The van der Waals surface area contributed by atoms with Crippen LogP contribution < -0.4 is 14.2 Å². The second-order valence-electron chi connectivity index (χ2n) is 9.44. The van der Waals surface area contributed by atoms with Gasteiger partial charge in [-0.25, -0.2) is 0 Å². The molecule has 198 valence electrons. The van der Waals surface area contributed by atoms with Gasteiger partial charge in [0.2, 0.25) is 0 Å². The van der Waals surface area contributed by atoms with Crippen molar-refractivity contribution in [3.8, 4) is 23.0 Å². The van der Waals surface area contributed by atoms with Crippen molar-refractivity contribution in [2.75, 3.05) is 20.3 Å². The topological polar surface area (TPSA) is 90.2 Å². The summed E-state index contributed by atoms with van der Waals surface area (Å²) in [5.74, 6) is 1.98. The van der Waals surface area contributed by atoms with E-state index >= 15 is 0 Å². The van der Waals surface area contributed by atoms with E-state index in [1.54, 1.807) is 37.7 Å². The Hall–Kier alpha value is -4.49. The molecule has 7 nitrogen and oxygen atoms in total. The maximum atomic E-state index is 13.3. The minimum Gasteiger partial charge on any atom is -0.493 e. The lowest BCUT2D eigenvalue weighted by atomic mass is 9.93. The second-order valence-corrected chi connectivity index (χ2v) is 9.44. The lowest BCUT2D eigenvalue weighted by molar-refractivity contribution is 0.103. The molecule has 1 aliphatic heterocycles. The summed E-state index contributed by atoms with van der Waals surface area (Å²) in [6.45, 7) is 2.38. The number of aliphatic hydroxyl groups is 1. The summed E-state index contributed by atoms with van der Waals surface area (Å²) >= 11 is 0. The van der Waals surface area contributed by atoms with Crippen molar-refractivity contribution in [2.45, 2.75) is 25.3 Å². The smallest absolute Gasteiger partial charge is 0.196 e. The maximum Gasteiger partial charge on any atom is 0.196 e. The summed E-state index contributed by atoms with van der Waals surface area (Å²) in [7, 11) is 1.58. The third kappa shape index (κ3) is 5.68. The molecule has 4 aromatic rings. The molecule has 1 aliphatic rings. The summed E-state index contributed by atoms with van der Waals surface area (Å²) in [6.07, 6.45) is 8.46. The van der Waals surface area contributed by atoms with Gasteiger partial charge in [-0.2, -0.15) is 0 Å². The fourth-order valence-corrected chi connectivity index (χ4v) is 4.67. The zero-order chi connectivity index (χ0) is 27.2. The van der Waals surface area contributed by atoms with E-state index in [1.165, 1.54) is 0 Å². The Kier molecular flexibility index (Phi) is 7.70. The Bertz CT molecular complexity index is 1530. The first-order chi connectivity index (χ1) is 19.0. The highest BCUT2D eigenvalue weighted by Gasteiger charge is 2.27. The predicted octanol–water partition coefficient (Wildman–Crippen LogP) is 6.11. The lowest BCUT2D eigenvalue weighted by Gasteiger charge is -2.23. The standard InChI is InChI=1S/C32H30N2O5/c1-22-9-10-27(25(19-22)31(36)23-7-4-3-5-8-23)39-28-11-16-33-26-21-30(29(37-2)20-24(26)28)38-18-14-32(13-17-35)12-6-15-34-32/h3-12,15-16,19-21,35H,13-14,17-18H2,1-2H3. The molecule has 0 saturated heterocycles. The second kappa shape index (κ2) is 11.5. The number of carbonyl (C=O) groups is 1. The van der Waals surface area contributed by atoms with E-state index in [4.69, 9.17) is 14.2 Å². The Morgan fingerprint density at radius 2 is 1.79 bits per heavy atom. The van der Waals surface area contributed by atoms with Gasteiger partial charge in [-0.15, -0.1) is 0 Å². The van der Waals surface area contributed by atoms with Crippen LogP contribution in [0.25, 0.3) is 10.9 Å². The monoisotopic (exact) mass is 522 g/mol. The molecule has 0 aliphatic carbocycles. The number of hydrogen-bond donors (Lipinski definition) is 1. The van der Waals surface area contributed by atoms with E-state index in [0.717, 1.165) is 10.9 Å². The van der Waals surface area contributed by atoms with Crippen molar-refractivity contribution in [3.05, 3.63) is 102 Å². The summed E-state index contributed by atoms with van der Waals surface area (Å²) in [6, 6.07) is 20.1. The number of pyridine rings is 1. The van der Waals surface area contributed by atoms with Crippen LogP contribution in [0.15, 0.2) is 90.1 Å². The van der Waals surface area contributed by atoms with Crippen LogP contribution in [0.4, 0.5) is 0 Å². The van der Waals surface area contributed by atoms with E-state index in [-0.39, 0.29) is 12.4 Å². The third-order valence-electron chi connectivity index (χ3n) is 6.78. The van der Waals surface area contributed by atoms with Gasteiger partial charge < -0.3 is 19.3 Å². The van der Waals surface area contributed by atoms with Crippen LogP contribution >= 0.6 is 0 Å². The van der Waals surface area contributed by atoms with Gasteiger partial charge in [0.05, 0.1) is 30.3 Å². The molecule has 5 rings (SSSR count). The minimum atomic E-state index is -0.443. The van der Waals surface area contributed by atoms with Gasteiger partial charge in [-0.3, -0.25) is 14.8 Å². The van der Waals surface area contributed by atoms with Gasteiger partial charge in [-0.1, -0.05) is 48.0 Å². The number of rotatable bonds is 11. The molecule has 0 spiro atoms. The molecule has 3 aromatic carbocycles. The van der Waals surface area contributed by atoms with E-state index < -0.39 is 5.54 Å². The van der Waals surface area contributed by atoms with Crippen LogP contribution in [0.1, 0.15) is 34.3 Å². The molecule has 0 fully saturated rings. The van der Waals surface area contributed by atoms with E-state index in [0.29, 0.717) is 59.1 Å². The van der Waals surface area contributed by atoms with Crippen molar-refractivity contribution >= 4 is 22.9 Å². The van der Waals surface area contributed by atoms with Gasteiger partial charge in [0.15, 0.2) is 17.3 Å². The number of benzene rings is 3. The van der Waals surface area contributed by atoms with Gasteiger partial charge in [-0.05, 0) is 43.7 Å². The molecule has 0 amide bonds. The molecule has 7 heteroatoms. The molecule has 1 unspecified atom stereocenters. The molecule has 2 heterocycles. The van der Waals surface area contributed by atoms with E-state index in [9.17, 15) is 9.90 Å². The summed E-state index contributed by atoms with van der Waals surface area (Å²) in [5, 5.41) is 10.2. The molecule has 1 atom stereocenters. The van der Waals surface area contributed by atoms with Crippen molar-refractivity contribution in [1.29, 1.82) is 0 Å². The van der Waals surface area contributed by atoms with Gasteiger partial charge in [0.25, 0.3) is 0 Å². The minimum absolute atomic E-state index is 0.0489. The van der Waals surface area contributed by atoms with Gasteiger partial charge >= 0.3 is 0 Å². The number of nitrogens with zero attached hydrogens (tertiary/aromatic N) is 2. The molecule has 0 saturated carbocycles. The Morgan fingerprint density at radius 1 is 0.949 bits per heavy atom. The number of hydrogen-bond acceptors (Lipinski definition) is 7. The van der Waals surface area contributed by atoms with Crippen LogP contribution in [-0.2, 0) is 0 Å². The highest BCUT2D eigenvalue weighted by molar-refractivity contribution is 6.11. The first-order valence-electron chi connectivity index (χ1n) is 12.8. The molecule has 1 N–H and O–H groups in total. The van der Waals surface area contributed by atoms with E-state index in [2.05, 4.69) is 9.98 Å². The van der Waals surface area contributed by atoms with Crippen molar-refractivity contribution in [3.63, 3.8) is 0 Å². The largest absolute Gasteiger partial charge is 0.493 e. The van der Waals surface area contributed by atoms with Crippen LogP contribution in [-0.4, -0.2) is 48.0 Å². The highest BCUT2D eigenvalue weighted by Crippen LogP contribution is 2.38. The number of ketones is 1. The molecule has 0 bridgehead atoms. The maximum absolute atomic E-state index is 13.3. The van der Waals surface area contributed by atoms with Crippen molar-refractivity contribution in [1.82, 2.24) is 4.98 Å². The number of allylic oxidation sites excluding steroid dienone is 1. The predicted molar refractivity (Wildman–Crippen MR) is 152 cm³/mol. The zero-order valence-corrected chi connectivity index (χ0v) is 22.0. The number of aliphatic hydroxyl groups excluding tert-OH is 1. The van der Waals surface area contributed by atoms with Crippen LogP contribution in [0.5, 0.6) is 23.0 Å². The number of fused-ring (bicyclic) bond motifs is 1. The number of ether oxygens (including phenoxy) is 3. The number of carbonyl (C=O) groups excluding carboxylic acids is 1.